The number of piperidine rings is 1. The summed E-state index contributed by atoms with van der Waals surface area (Å²) in [5.74, 6) is 3.34. The Morgan fingerprint density at radius 3 is 2.56 bits per heavy atom. The van der Waals surface area contributed by atoms with Crippen LogP contribution in [0.4, 0.5) is 0 Å². The fourth-order valence-electron chi connectivity index (χ4n) is 3.82. The molecular formula is C24H35IN4O3. The third-order valence-electron chi connectivity index (χ3n) is 5.72. The van der Waals surface area contributed by atoms with Gasteiger partial charge in [0.05, 0.1) is 13.4 Å². The van der Waals surface area contributed by atoms with Gasteiger partial charge in [-0.25, -0.2) is 0 Å². The highest BCUT2D eigenvalue weighted by atomic mass is 127. The number of hydrogen-bond acceptors (Lipinski definition) is 4. The predicted octanol–water partition coefficient (Wildman–Crippen LogP) is 3.49. The Hall–Kier alpha value is -2.23. The lowest BCUT2D eigenvalue weighted by Gasteiger charge is -2.34. The molecule has 3 rings (SSSR count). The maximum Gasteiger partial charge on any atom is 0.220 e. The molecule has 1 aromatic heterocycles. The molecule has 32 heavy (non-hydrogen) atoms. The quantitative estimate of drug-likeness (QED) is 0.282. The van der Waals surface area contributed by atoms with Gasteiger partial charge in [-0.15, -0.1) is 24.0 Å². The molecule has 0 atom stereocenters. The number of carbonyl (C=O) groups is 1. The van der Waals surface area contributed by atoms with Gasteiger partial charge in [0.1, 0.15) is 11.5 Å². The lowest BCUT2D eigenvalue weighted by Crippen LogP contribution is -2.46. The van der Waals surface area contributed by atoms with E-state index in [4.69, 9.17) is 14.1 Å². The number of carbonyl (C=O) groups excluding carboxylic acids is 1. The molecule has 1 amide bonds. The van der Waals surface area contributed by atoms with Crippen LogP contribution in [0.5, 0.6) is 5.75 Å². The Balaban J connectivity index is 0.00000363. The van der Waals surface area contributed by atoms with E-state index in [1.165, 1.54) is 5.56 Å². The molecule has 7 nitrogen and oxygen atoms in total. The van der Waals surface area contributed by atoms with E-state index in [0.29, 0.717) is 18.9 Å². The topological polar surface area (TPSA) is 79.1 Å². The monoisotopic (exact) mass is 554 g/mol. The highest BCUT2D eigenvalue weighted by Crippen LogP contribution is 2.20. The molecule has 2 N–H and O–H groups in total. The van der Waals surface area contributed by atoms with Gasteiger partial charge in [0, 0.05) is 46.1 Å². The van der Waals surface area contributed by atoms with Gasteiger partial charge in [-0.2, -0.15) is 0 Å². The van der Waals surface area contributed by atoms with Crippen LogP contribution in [0.15, 0.2) is 52.1 Å². The fourth-order valence-corrected chi connectivity index (χ4v) is 3.82. The number of hydrogen-bond donors (Lipinski definition) is 2. The number of methoxy groups -OCH3 is 1. The van der Waals surface area contributed by atoms with Gasteiger partial charge < -0.3 is 24.7 Å². The Morgan fingerprint density at radius 1 is 1.19 bits per heavy atom. The summed E-state index contributed by atoms with van der Waals surface area (Å²) in [7, 11) is 3.38. The third kappa shape index (κ3) is 8.37. The molecule has 0 spiro atoms. The van der Waals surface area contributed by atoms with Crippen molar-refractivity contribution in [2.24, 2.45) is 10.9 Å². The van der Waals surface area contributed by atoms with Gasteiger partial charge in [-0.3, -0.25) is 9.79 Å². The number of nitrogens with one attached hydrogen (secondary N) is 2. The van der Waals surface area contributed by atoms with E-state index in [-0.39, 0.29) is 29.9 Å². The summed E-state index contributed by atoms with van der Waals surface area (Å²) < 4.78 is 10.7. The minimum Gasteiger partial charge on any atom is -0.497 e. The fraction of sp³-hybridized carbons (Fsp3) is 0.500. The van der Waals surface area contributed by atoms with Crippen molar-refractivity contribution in [2.45, 2.75) is 32.1 Å². The van der Waals surface area contributed by atoms with Gasteiger partial charge in [-0.1, -0.05) is 12.1 Å². The summed E-state index contributed by atoms with van der Waals surface area (Å²) in [5, 5.41) is 6.28. The normalized spacial score (nSPS) is 14.6. The van der Waals surface area contributed by atoms with Gasteiger partial charge in [0.25, 0.3) is 0 Å². The van der Waals surface area contributed by atoms with E-state index >= 15 is 0 Å². The van der Waals surface area contributed by atoms with Gasteiger partial charge in [-0.05, 0) is 55.0 Å². The molecule has 2 aromatic rings. The SMILES string of the molecule is CNC(=O)CC1CCN(C(=NCCc2ccco2)NCCc2ccc(OC)cc2)CC1.I. The van der Waals surface area contributed by atoms with Crippen molar-refractivity contribution in [3.8, 4) is 5.75 Å². The predicted molar refractivity (Wildman–Crippen MR) is 138 cm³/mol. The van der Waals surface area contributed by atoms with Crippen molar-refractivity contribution < 1.29 is 13.9 Å². The molecule has 1 aromatic carbocycles. The van der Waals surface area contributed by atoms with Crippen LogP contribution >= 0.6 is 24.0 Å². The van der Waals surface area contributed by atoms with Crippen LogP contribution in [0.1, 0.15) is 30.6 Å². The second-order valence-corrected chi connectivity index (χ2v) is 7.87. The summed E-state index contributed by atoms with van der Waals surface area (Å²) in [5.41, 5.74) is 1.26. The van der Waals surface area contributed by atoms with Gasteiger partial charge >= 0.3 is 0 Å². The lowest BCUT2D eigenvalue weighted by atomic mass is 9.93. The average Bonchev–Trinajstić information content (AvgIpc) is 3.32. The molecule has 176 valence electrons. The van der Waals surface area contributed by atoms with Crippen LogP contribution in [0.2, 0.25) is 0 Å². The summed E-state index contributed by atoms with van der Waals surface area (Å²) >= 11 is 0. The molecule has 0 unspecified atom stereocenters. The average molecular weight is 554 g/mol. The first-order valence-corrected chi connectivity index (χ1v) is 11.1. The van der Waals surface area contributed by atoms with Crippen LogP contribution in [-0.4, -0.2) is 57.1 Å². The van der Waals surface area contributed by atoms with E-state index < -0.39 is 0 Å². The Bertz CT molecular complexity index is 816. The van der Waals surface area contributed by atoms with Crippen LogP contribution in [0.3, 0.4) is 0 Å². The lowest BCUT2D eigenvalue weighted by molar-refractivity contribution is -0.121. The largest absolute Gasteiger partial charge is 0.497 e. The van der Waals surface area contributed by atoms with Crippen molar-refractivity contribution in [1.82, 2.24) is 15.5 Å². The molecule has 1 fully saturated rings. The van der Waals surface area contributed by atoms with E-state index in [0.717, 1.165) is 62.8 Å². The Labute approximate surface area is 208 Å². The zero-order valence-electron chi connectivity index (χ0n) is 19.0. The second-order valence-electron chi connectivity index (χ2n) is 7.87. The zero-order valence-corrected chi connectivity index (χ0v) is 21.3. The number of likely N-dealkylation sites (tertiary alicyclic amines) is 1. The van der Waals surface area contributed by atoms with Crippen molar-refractivity contribution in [2.75, 3.05) is 40.3 Å². The first-order chi connectivity index (χ1) is 15.2. The van der Waals surface area contributed by atoms with Crippen LogP contribution in [0, 0.1) is 5.92 Å². The number of amides is 1. The van der Waals surface area contributed by atoms with E-state index in [1.54, 1.807) is 20.4 Å². The molecule has 1 aliphatic heterocycles. The maximum atomic E-state index is 11.7. The van der Waals surface area contributed by atoms with Crippen molar-refractivity contribution in [1.29, 1.82) is 0 Å². The van der Waals surface area contributed by atoms with E-state index in [9.17, 15) is 4.79 Å². The summed E-state index contributed by atoms with van der Waals surface area (Å²) in [6.07, 6.45) is 6.01. The first kappa shape index (κ1) is 26.0. The molecule has 0 saturated carbocycles. The van der Waals surface area contributed by atoms with E-state index in [2.05, 4.69) is 27.7 Å². The molecule has 2 heterocycles. The molecule has 0 bridgehead atoms. The maximum absolute atomic E-state index is 11.7. The highest BCUT2D eigenvalue weighted by molar-refractivity contribution is 14.0. The number of rotatable bonds is 9. The molecule has 1 aliphatic rings. The molecule has 8 heteroatoms. The molecule has 0 aliphatic carbocycles. The highest BCUT2D eigenvalue weighted by Gasteiger charge is 2.23. The molecule has 0 radical (unpaired) electrons. The zero-order chi connectivity index (χ0) is 21.9. The second kappa shape index (κ2) is 14.0. The standard InChI is InChI=1S/C24H34N4O3.HI/c1-25-23(29)18-20-11-15-28(16-12-20)24(27-14-10-22-4-3-17-31-22)26-13-9-19-5-7-21(30-2)8-6-19;/h3-8,17,20H,9-16,18H2,1-2H3,(H,25,29)(H,26,27);1H. The molecule has 1 saturated heterocycles. The number of halogens is 1. The van der Waals surface area contributed by atoms with Crippen LogP contribution in [0.25, 0.3) is 0 Å². The molecular weight excluding hydrogens is 519 g/mol. The number of guanidine groups is 1. The number of ether oxygens (including phenoxy) is 1. The summed E-state index contributed by atoms with van der Waals surface area (Å²) in [4.78, 5) is 18.9. The number of nitrogens with zero attached hydrogens (tertiary/aromatic N) is 2. The Kier molecular flexibility index (Phi) is 11.4. The first-order valence-electron chi connectivity index (χ1n) is 11.1. The van der Waals surface area contributed by atoms with Gasteiger partial charge in [0.2, 0.25) is 5.91 Å². The van der Waals surface area contributed by atoms with Crippen molar-refractivity contribution in [3.05, 3.63) is 54.0 Å². The summed E-state index contributed by atoms with van der Waals surface area (Å²) in [6, 6.07) is 12.1. The third-order valence-corrected chi connectivity index (χ3v) is 5.72. The minimum absolute atomic E-state index is 0. The smallest absolute Gasteiger partial charge is 0.220 e. The van der Waals surface area contributed by atoms with Crippen molar-refractivity contribution in [3.63, 3.8) is 0 Å². The summed E-state index contributed by atoms with van der Waals surface area (Å²) in [6.45, 7) is 3.31. The number of aliphatic imine (C=N–C) groups is 1. The Morgan fingerprint density at radius 2 is 1.94 bits per heavy atom. The van der Waals surface area contributed by atoms with E-state index in [1.807, 2.05) is 24.3 Å². The number of benzene rings is 1. The van der Waals surface area contributed by atoms with Crippen LogP contribution < -0.4 is 15.4 Å². The minimum atomic E-state index is 0. The van der Waals surface area contributed by atoms with Gasteiger partial charge in [0.15, 0.2) is 5.96 Å². The van der Waals surface area contributed by atoms with Crippen molar-refractivity contribution >= 4 is 35.8 Å². The van der Waals surface area contributed by atoms with Crippen LogP contribution in [-0.2, 0) is 17.6 Å². The number of furan rings is 1.